The smallest absolute Gasteiger partial charge is 0.326 e. The number of amides is 1. The SMILES string of the molecule is CC(C)OCCN(CCCCc1ccc2c(n1)NCCC2)CC[C@H](NC(=O)c1[nH]ncc1Cl)C(=O)O. The highest BCUT2D eigenvalue weighted by Gasteiger charge is 2.23. The van der Waals surface area contributed by atoms with Gasteiger partial charge in [0.2, 0.25) is 0 Å². The van der Waals surface area contributed by atoms with E-state index in [1.54, 1.807) is 0 Å². The largest absolute Gasteiger partial charge is 0.480 e. The number of unbranched alkanes of at least 4 members (excludes halogenated alkanes) is 1. The highest BCUT2D eigenvalue weighted by atomic mass is 35.5. The van der Waals surface area contributed by atoms with Crippen molar-refractivity contribution >= 4 is 29.3 Å². The van der Waals surface area contributed by atoms with Crippen molar-refractivity contribution in [2.45, 2.75) is 64.5 Å². The number of carboxylic acid groups (broad SMARTS) is 1. The molecule has 2 aromatic heterocycles. The van der Waals surface area contributed by atoms with Crippen molar-refractivity contribution in [3.8, 4) is 0 Å². The molecule has 0 saturated heterocycles. The third kappa shape index (κ3) is 8.76. The van der Waals surface area contributed by atoms with Gasteiger partial charge in [0, 0.05) is 25.3 Å². The summed E-state index contributed by atoms with van der Waals surface area (Å²) in [6.45, 7) is 7.51. The van der Waals surface area contributed by atoms with Crippen LogP contribution in [0.1, 0.15) is 61.3 Å². The van der Waals surface area contributed by atoms with Crippen molar-refractivity contribution in [2.75, 3.05) is 38.1 Å². The fraction of sp³-hybridized carbons (Fsp3) is 0.600. The minimum absolute atomic E-state index is 0.0519. The van der Waals surface area contributed by atoms with Gasteiger partial charge in [0.1, 0.15) is 17.6 Å². The van der Waals surface area contributed by atoms with Crippen molar-refractivity contribution in [1.29, 1.82) is 0 Å². The molecule has 3 heterocycles. The van der Waals surface area contributed by atoms with Crippen molar-refractivity contribution in [1.82, 2.24) is 25.4 Å². The molecule has 0 radical (unpaired) electrons. The summed E-state index contributed by atoms with van der Waals surface area (Å²) in [5.41, 5.74) is 2.43. The number of aromatic nitrogens is 3. The van der Waals surface area contributed by atoms with Crippen LogP contribution < -0.4 is 10.6 Å². The number of aliphatic carboxylic acids is 1. The lowest BCUT2D eigenvalue weighted by Gasteiger charge is -2.25. The molecule has 1 amide bonds. The first kappa shape index (κ1) is 27.9. The summed E-state index contributed by atoms with van der Waals surface area (Å²) in [6.07, 6.45) is 6.73. The first-order valence-electron chi connectivity index (χ1n) is 12.6. The maximum atomic E-state index is 12.4. The highest BCUT2D eigenvalue weighted by Crippen LogP contribution is 2.20. The van der Waals surface area contributed by atoms with Gasteiger partial charge < -0.3 is 25.4 Å². The number of pyridine rings is 1. The molecule has 1 aliphatic rings. The number of carbonyl (C=O) groups is 2. The van der Waals surface area contributed by atoms with Crippen LogP contribution in [0.15, 0.2) is 18.3 Å². The van der Waals surface area contributed by atoms with Gasteiger partial charge in [0.15, 0.2) is 0 Å². The van der Waals surface area contributed by atoms with E-state index in [9.17, 15) is 14.7 Å². The highest BCUT2D eigenvalue weighted by molar-refractivity contribution is 6.33. The molecule has 11 heteroatoms. The number of halogens is 1. The number of anilines is 1. The van der Waals surface area contributed by atoms with Gasteiger partial charge in [-0.2, -0.15) is 5.10 Å². The van der Waals surface area contributed by atoms with Crippen LogP contribution in [0.5, 0.6) is 0 Å². The molecule has 2 aromatic rings. The quantitative estimate of drug-likeness (QED) is 0.263. The first-order valence-corrected chi connectivity index (χ1v) is 13.0. The number of carboxylic acids is 1. The number of nitrogens with zero attached hydrogens (tertiary/aromatic N) is 3. The molecular weight excluding hydrogens is 484 g/mol. The number of rotatable bonds is 15. The molecule has 0 spiro atoms. The maximum Gasteiger partial charge on any atom is 0.326 e. The predicted molar refractivity (Wildman–Crippen MR) is 139 cm³/mol. The number of ether oxygens (including phenoxy) is 1. The molecule has 0 fully saturated rings. The molecule has 0 unspecified atom stereocenters. The Kier molecular flexibility index (Phi) is 11.0. The lowest BCUT2D eigenvalue weighted by Crippen LogP contribution is -2.43. The van der Waals surface area contributed by atoms with E-state index in [-0.39, 0.29) is 23.2 Å². The Balaban J connectivity index is 1.49. The van der Waals surface area contributed by atoms with Crippen LogP contribution in [0.25, 0.3) is 0 Å². The minimum Gasteiger partial charge on any atom is -0.480 e. The maximum absolute atomic E-state index is 12.4. The molecular formula is C25H37ClN6O4. The fourth-order valence-corrected chi connectivity index (χ4v) is 4.31. The zero-order valence-corrected chi connectivity index (χ0v) is 21.8. The average molecular weight is 521 g/mol. The Bertz CT molecular complexity index is 999. The fourth-order valence-electron chi connectivity index (χ4n) is 4.13. The van der Waals surface area contributed by atoms with Crippen LogP contribution in [0.2, 0.25) is 5.02 Å². The number of nitrogens with one attached hydrogen (secondary N) is 3. The summed E-state index contributed by atoms with van der Waals surface area (Å²) in [6, 6.07) is 3.25. The van der Waals surface area contributed by atoms with Crippen LogP contribution >= 0.6 is 11.6 Å². The number of hydrogen-bond donors (Lipinski definition) is 4. The summed E-state index contributed by atoms with van der Waals surface area (Å²) >= 11 is 5.93. The Morgan fingerprint density at radius 1 is 1.25 bits per heavy atom. The van der Waals surface area contributed by atoms with E-state index >= 15 is 0 Å². The molecule has 4 N–H and O–H groups in total. The van der Waals surface area contributed by atoms with Crippen LogP contribution in [0.4, 0.5) is 5.82 Å². The minimum atomic E-state index is -1.09. The summed E-state index contributed by atoms with van der Waals surface area (Å²) in [5.74, 6) is -0.666. The van der Waals surface area contributed by atoms with E-state index in [0.29, 0.717) is 19.7 Å². The zero-order chi connectivity index (χ0) is 25.9. The molecule has 0 saturated carbocycles. The first-order chi connectivity index (χ1) is 17.3. The molecule has 198 valence electrons. The van der Waals surface area contributed by atoms with E-state index in [1.807, 2.05) is 13.8 Å². The van der Waals surface area contributed by atoms with E-state index in [4.69, 9.17) is 21.3 Å². The predicted octanol–water partition coefficient (Wildman–Crippen LogP) is 3.14. The van der Waals surface area contributed by atoms with E-state index < -0.39 is 17.9 Å². The normalized spacial score (nSPS) is 13.9. The van der Waals surface area contributed by atoms with Gasteiger partial charge in [0.05, 0.1) is 23.9 Å². The molecule has 3 rings (SSSR count). The van der Waals surface area contributed by atoms with Gasteiger partial charge in [-0.25, -0.2) is 9.78 Å². The van der Waals surface area contributed by atoms with Crippen LogP contribution in [0, 0.1) is 0 Å². The number of aromatic amines is 1. The average Bonchev–Trinajstić information content (AvgIpc) is 3.29. The second-order valence-corrected chi connectivity index (χ2v) is 9.71. The Labute approximate surface area is 217 Å². The Hall–Kier alpha value is -2.69. The summed E-state index contributed by atoms with van der Waals surface area (Å²) in [5, 5.41) is 21.9. The summed E-state index contributed by atoms with van der Waals surface area (Å²) < 4.78 is 5.71. The third-order valence-electron chi connectivity index (χ3n) is 6.13. The molecule has 36 heavy (non-hydrogen) atoms. The van der Waals surface area contributed by atoms with Crippen molar-refractivity contribution in [2.24, 2.45) is 0 Å². The van der Waals surface area contributed by atoms with Crippen molar-refractivity contribution in [3.05, 3.63) is 40.3 Å². The van der Waals surface area contributed by atoms with Crippen LogP contribution in [-0.4, -0.2) is 82.0 Å². The zero-order valence-electron chi connectivity index (χ0n) is 21.1. The topological polar surface area (TPSA) is 132 Å². The van der Waals surface area contributed by atoms with E-state index in [1.165, 1.54) is 11.8 Å². The number of H-pyrrole nitrogens is 1. The van der Waals surface area contributed by atoms with E-state index in [0.717, 1.165) is 56.7 Å². The van der Waals surface area contributed by atoms with Crippen molar-refractivity contribution in [3.63, 3.8) is 0 Å². The summed E-state index contributed by atoms with van der Waals surface area (Å²) in [7, 11) is 0. The number of hydrogen-bond acceptors (Lipinski definition) is 7. The molecule has 1 atom stereocenters. The van der Waals surface area contributed by atoms with Gasteiger partial charge in [-0.05, 0) is 70.5 Å². The molecule has 10 nitrogen and oxygen atoms in total. The number of fused-ring (bicyclic) bond motifs is 1. The molecule has 0 aliphatic carbocycles. The Morgan fingerprint density at radius 2 is 2.08 bits per heavy atom. The molecule has 0 aromatic carbocycles. The monoisotopic (exact) mass is 520 g/mol. The van der Waals surface area contributed by atoms with Crippen molar-refractivity contribution < 1.29 is 19.4 Å². The Morgan fingerprint density at radius 3 is 2.81 bits per heavy atom. The summed E-state index contributed by atoms with van der Waals surface area (Å²) in [4.78, 5) is 31.1. The third-order valence-corrected chi connectivity index (χ3v) is 6.41. The lowest BCUT2D eigenvalue weighted by molar-refractivity contribution is -0.139. The molecule has 1 aliphatic heterocycles. The van der Waals surface area contributed by atoms with Gasteiger partial charge in [0.25, 0.3) is 5.91 Å². The van der Waals surface area contributed by atoms with E-state index in [2.05, 4.69) is 37.9 Å². The second kappa shape index (κ2) is 14.2. The number of carbonyl (C=O) groups excluding carboxylic acids is 1. The van der Waals surface area contributed by atoms with Gasteiger partial charge in [-0.1, -0.05) is 17.7 Å². The standard InChI is InChI=1S/C25H37ClN6O4/c1-17(2)36-15-14-32(12-4-3-7-19-9-8-18-6-5-11-27-23(18)29-19)13-10-21(25(34)35)30-24(33)22-20(26)16-28-31-22/h8-9,16-17,21H,3-7,10-15H2,1-2H3,(H,27,29)(H,28,31)(H,30,33)(H,34,35)/t21-/m0/s1. The second-order valence-electron chi connectivity index (χ2n) is 9.30. The van der Waals surface area contributed by atoms with Gasteiger partial charge in [-0.3, -0.25) is 9.89 Å². The van der Waals surface area contributed by atoms with Gasteiger partial charge in [-0.15, -0.1) is 0 Å². The lowest BCUT2D eigenvalue weighted by atomic mass is 10.1. The van der Waals surface area contributed by atoms with Gasteiger partial charge >= 0.3 is 5.97 Å². The van der Waals surface area contributed by atoms with Crippen LogP contribution in [0.3, 0.4) is 0 Å². The number of aryl methyl sites for hydroxylation is 2. The van der Waals surface area contributed by atoms with Crippen LogP contribution in [-0.2, 0) is 22.4 Å². The molecule has 0 bridgehead atoms.